The Morgan fingerprint density at radius 2 is 0.542 bits per heavy atom. The van der Waals surface area contributed by atoms with Gasteiger partial charge in [0.2, 0.25) is 0 Å². The summed E-state index contributed by atoms with van der Waals surface area (Å²) in [5.41, 5.74) is 0. The van der Waals surface area contributed by atoms with Crippen molar-refractivity contribution >= 4 is 39.5 Å². The topological polar surface area (TPSA) is 237 Å². The first-order valence-corrected chi connectivity index (χ1v) is 41.2. The second-order valence-electron chi connectivity index (χ2n) is 25.6. The SMILES string of the molecule is CC/C=C\C/C=C\C/C=C\CCCCCCCC(=O)OCC(COP(=O)(O)OCC(O)COP(=O)(O)OCC(COC(=O)CCCCCCC/C=C\CCCCCCCC)OC(=O)CCCCCCC/C=C\CCCCCC)OC(=O)CCCCCCC/C=C\CCCCCC. The van der Waals surface area contributed by atoms with Crippen molar-refractivity contribution in [3.63, 3.8) is 0 Å². The van der Waals surface area contributed by atoms with Gasteiger partial charge in [-0.05, 0) is 135 Å². The molecule has 17 nitrogen and oxygen atoms in total. The molecule has 0 saturated heterocycles. The molecule has 558 valence electrons. The predicted octanol–water partition coefficient (Wildman–Crippen LogP) is 21.7. The second kappa shape index (κ2) is 70.0. The smallest absolute Gasteiger partial charge is 0.462 e. The molecule has 0 saturated carbocycles. The molecule has 0 fully saturated rings. The molecule has 0 bridgehead atoms. The standard InChI is InChI=1S/C77H138O17P2/c1-5-9-13-17-21-25-29-33-35-39-41-45-49-53-57-61-74(79)87-67-72(93-76(81)63-59-55-51-47-43-37-31-27-23-19-15-11-7-3)69-91-95(83,84)89-65-71(78)66-90-96(85,86)92-70-73(94-77(82)64-60-56-52-48-44-38-32-28-24-20-16-12-8-4)68-88-75(80)62-58-54-50-46-42-40-36-34-30-26-22-18-14-10-6-2/h9,13,21,25,27-28,31-36,71-73,78H,5-8,10-12,14-20,22-24,26,29-30,37-70H2,1-4H3,(H,83,84)(H,85,86)/b13-9-,25-21-,31-27-,32-28-,35-33-,36-34-. The normalized spacial score (nSPS) is 14.4. The zero-order valence-electron chi connectivity index (χ0n) is 60.8. The van der Waals surface area contributed by atoms with E-state index in [-0.39, 0.29) is 25.7 Å². The number of aliphatic hydroxyl groups excluding tert-OH is 1. The number of hydrogen-bond donors (Lipinski definition) is 3. The molecule has 5 atom stereocenters. The van der Waals surface area contributed by atoms with Gasteiger partial charge >= 0.3 is 39.5 Å². The third kappa shape index (κ3) is 69.0. The highest BCUT2D eigenvalue weighted by atomic mass is 31.2. The number of allylic oxidation sites excluding steroid dienone is 12. The summed E-state index contributed by atoms with van der Waals surface area (Å²) in [6, 6.07) is 0. The molecule has 0 aromatic rings. The minimum Gasteiger partial charge on any atom is -0.462 e. The minimum absolute atomic E-state index is 0.0828. The molecule has 5 unspecified atom stereocenters. The van der Waals surface area contributed by atoms with Crippen LogP contribution in [0.1, 0.15) is 336 Å². The Labute approximate surface area is 583 Å². The lowest BCUT2D eigenvalue weighted by molar-refractivity contribution is -0.161. The molecule has 0 heterocycles. The summed E-state index contributed by atoms with van der Waals surface area (Å²) in [6.07, 6.45) is 68.9. The van der Waals surface area contributed by atoms with Crippen molar-refractivity contribution in [1.82, 2.24) is 0 Å². The van der Waals surface area contributed by atoms with Crippen molar-refractivity contribution in [2.24, 2.45) is 0 Å². The number of carbonyl (C=O) groups is 4. The van der Waals surface area contributed by atoms with Gasteiger partial charge in [-0.15, -0.1) is 0 Å². The number of unbranched alkanes of at least 4 members (excludes halogenated alkanes) is 34. The molecule has 96 heavy (non-hydrogen) atoms. The summed E-state index contributed by atoms with van der Waals surface area (Å²) in [6.45, 7) is 4.71. The predicted molar refractivity (Wildman–Crippen MR) is 390 cm³/mol. The Hall–Kier alpha value is -3.50. The third-order valence-electron chi connectivity index (χ3n) is 16.1. The van der Waals surface area contributed by atoms with Crippen LogP contribution in [0.5, 0.6) is 0 Å². The lowest BCUT2D eigenvalue weighted by Gasteiger charge is -2.21. The van der Waals surface area contributed by atoms with E-state index in [4.69, 9.17) is 37.0 Å². The van der Waals surface area contributed by atoms with Crippen LogP contribution >= 0.6 is 15.6 Å². The van der Waals surface area contributed by atoms with Crippen LogP contribution in [0.3, 0.4) is 0 Å². The summed E-state index contributed by atoms with van der Waals surface area (Å²) >= 11 is 0. The molecule has 0 rings (SSSR count). The van der Waals surface area contributed by atoms with Gasteiger partial charge in [0, 0.05) is 25.7 Å². The van der Waals surface area contributed by atoms with Crippen molar-refractivity contribution in [2.75, 3.05) is 39.6 Å². The third-order valence-corrected chi connectivity index (χ3v) is 18.0. The van der Waals surface area contributed by atoms with Gasteiger partial charge in [0.15, 0.2) is 12.2 Å². The van der Waals surface area contributed by atoms with Gasteiger partial charge < -0.3 is 33.8 Å². The Morgan fingerprint density at radius 3 is 0.854 bits per heavy atom. The molecule has 0 aromatic carbocycles. The first kappa shape index (κ1) is 92.5. The van der Waals surface area contributed by atoms with Crippen LogP contribution in [0, 0.1) is 0 Å². The van der Waals surface area contributed by atoms with Crippen LogP contribution in [-0.2, 0) is 65.4 Å². The Kier molecular flexibility index (Phi) is 67.4. The van der Waals surface area contributed by atoms with Gasteiger partial charge in [0.25, 0.3) is 0 Å². The van der Waals surface area contributed by atoms with E-state index in [1.807, 2.05) is 0 Å². The van der Waals surface area contributed by atoms with Crippen LogP contribution in [0.2, 0.25) is 0 Å². The van der Waals surface area contributed by atoms with Crippen LogP contribution < -0.4 is 0 Å². The Balaban J connectivity index is 5.34. The Bertz CT molecular complexity index is 2110. The number of phosphoric acid groups is 2. The number of rotatable bonds is 72. The van der Waals surface area contributed by atoms with E-state index in [1.165, 1.54) is 89.9 Å². The molecule has 19 heteroatoms. The fraction of sp³-hybridized carbons (Fsp3) is 0.792. The summed E-state index contributed by atoms with van der Waals surface area (Å²) in [5, 5.41) is 10.6. The number of phosphoric ester groups is 2. The number of ether oxygens (including phenoxy) is 4. The van der Waals surface area contributed by atoms with Gasteiger partial charge in [-0.25, -0.2) is 9.13 Å². The van der Waals surface area contributed by atoms with E-state index >= 15 is 0 Å². The molecule has 3 N–H and O–H groups in total. The molecule has 0 aliphatic heterocycles. The molecule has 0 aliphatic carbocycles. The first-order valence-electron chi connectivity index (χ1n) is 38.2. The van der Waals surface area contributed by atoms with Crippen LogP contribution in [0.15, 0.2) is 72.9 Å². The van der Waals surface area contributed by atoms with Crippen molar-refractivity contribution in [3.8, 4) is 0 Å². The fourth-order valence-corrected chi connectivity index (χ4v) is 11.9. The van der Waals surface area contributed by atoms with Crippen molar-refractivity contribution in [2.45, 2.75) is 354 Å². The molecule has 0 radical (unpaired) electrons. The average molecular weight is 1400 g/mol. The molecular formula is C77H138O17P2. The van der Waals surface area contributed by atoms with Crippen molar-refractivity contribution in [1.29, 1.82) is 0 Å². The average Bonchev–Trinajstić information content (AvgIpc) is 1.14. The quantitative estimate of drug-likeness (QED) is 0.0169. The van der Waals surface area contributed by atoms with E-state index in [9.17, 15) is 43.2 Å². The molecule has 0 aromatic heterocycles. The molecule has 0 amide bonds. The van der Waals surface area contributed by atoms with Gasteiger partial charge in [-0.1, -0.05) is 248 Å². The summed E-state index contributed by atoms with van der Waals surface area (Å²) in [5.74, 6) is -2.20. The number of aliphatic hydroxyl groups is 1. The largest absolute Gasteiger partial charge is 0.472 e. The van der Waals surface area contributed by atoms with E-state index in [1.54, 1.807) is 0 Å². The molecular weight excluding hydrogens is 1260 g/mol. The molecule has 0 spiro atoms. The van der Waals surface area contributed by atoms with Gasteiger partial charge in [0.05, 0.1) is 26.4 Å². The number of carbonyl (C=O) groups excluding carboxylic acids is 4. The summed E-state index contributed by atoms with van der Waals surface area (Å²) in [4.78, 5) is 72.8. The van der Waals surface area contributed by atoms with E-state index in [0.717, 1.165) is 167 Å². The summed E-state index contributed by atoms with van der Waals surface area (Å²) < 4.78 is 68.4. The second-order valence-corrected chi connectivity index (χ2v) is 28.5. The Morgan fingerprint density at radius 1 is 0.302 bits per heavy atom. The maximum absolute atomic E-state index is 13.1. The highest BCUT2D eigenvalue weighted by Crippen LogP contribution is 2.45. The summed E-state index contributed by atoms with van der Waals surface area (Å²) in [7, 11) is -9.95. The minimum atomic E-state index is -4.97. The van der Waals surface area contributed by atoms with Crippen LogP contribution in [0.4, 0.5) is 0 Å². The zero-order chi connectivity index (χ0) is 70.4. The van der Waals surface area contributed by atoms with Gasteiger partial charge in [-0.3, -0.25) is 37.3 Å². The van der Waals surface area contributed by atoms with E-state index < -0.39 is 97.5 Å². The zero-order valence-corrected chi connectivity index (χ0v) is 62.6. The van der Waals surface area contributed by atoms with Crippen LogP contribution in [-0.4, -0.2) is 96.7 Å². The number of esters is 4. The lowest BCUT2D eigenvalue weighted by Crippen LogP contribution is -2.30. The first-order chi connectivity index (χ1) is 46.7. The fourth-order valence-electron chi connectivity index (χ4n) is 10.3. The van der Waals surface area contributed by atoms with E-state index in [0.29, 0.717) is 25.7 Å². The maximum atomic E-state index is 13.1. The van der Waals surface area contributed by atoms with Gasteiger partial charge in [-0.2, -0.15) is 0 Å². The number of hydrogen-bond acceptors (Lipinski definition) is 15. The van der Waals surface area contributed by atoms with Crippen molar-refractivity contribution in [3.05, 3.63) is 72.9 Å². The van der Waals surface area contributed by atoms with Crippen molar-refractivity contribution < 1.29 is 80.2 Å². The lowest BCUT2D eigenvalue weighted by atomic mass is 10.1. The maximum Gasteiger partial charge on any atom is 0.472 e. The van der Waals surface area contributed by atoms with Crippen LogP contribution in [0.25, 0.3) is 0 Å². The van der Waals surface area contributed by atoms with Gasteiger partial charge in [0.1, 0.15) is 19.3 Å². The monoisotopic (exact) mass is 1400 g/mol. The van der Waals surface area contributed by atoms with E-state index in [2.05, 4.69) is 101 Å². The highest BCUT2D eigenvalue weighted by Gasteiger charge is 2.30. The highest BCUT2D eigenvalue weighted by molar-refractivity contribution is 7.47. The molecule has 0 aliphatic rings.